The number of hydrogen-bond donors (Lipinski definition) is 2. The molecular weight excluding hydrogens is 294 g/mol. The Bertz CT molecular complexity index is 328. The summed E-state index contributed by atoms with van der Waals surface area (Å²) in [5, 5.41) is 6.93. The normalized spacial score (nSPS) is 20.0. The van der Waals surface area contributed by atoms with Gasteiger partial charge in [-0.05, 0) is 51.7 Å². The van der Waals surface area contributed by atoms with E-state index in [1.807, 2.05) is 11.8 Å². The molecule has 0 aromatic heterocycles. The van der Waals surface area contributed by atoms with Crippen molar-refractivity contribution in [2.75, 3.05) is 32.6 Å². The van der Waals surface area contributed by atoms with Crippen LogP contribution >= 0.6 is 11.8 Å². The first-order chi connectivity index (χ1) is 10.5. The Morgan fingerprint density at radius 2 is 1.91 bits per heavy atom. The molecule has 0 spiro atoms. The van der Waals surface area contributed by atoms with Crippen molar-refractivity contribution in [1.82, 2.24) is 10.6 Å². The maximum absolute atomic E-state index is 5.51. The lowest BCUT2D eigenvalue weighted by Crippen LogP contribution is -2.44. The van der Waals surface area contributed by atoms with Gasteiger partial charge in [0, 0.05) is 30.5 Å². The second-order valence-corrected chi connectivity index (χ2v) is 7.99. The number of guanidine groups is 1. The zero-order valence-electron chi connectivity index (χ0n) is 15.1. The van der Waals surface area contributed by atoms with Crippen LogP contribution in [0.5, 0.6) is 0 Å². The van der Waals surface area contributed by atoms with E-state index in [-0.39, 0.29) is 4.75 Å². The van der Waals surface area contributed by atoms with Gasteiger partial charge in [0.2, 0.25) is 0 Å². The van der Waals surface area contributed by atoms with Crippen LogP contribution < -0.4 is 10.6 Å². The molecule has 1 unspecified atom stereocenters. The van der Waals surface area contributed by atoms with E-state index in [1.54, 1.807) is 0 Å². The van der Waals surface area contributed by atoms with Gasteiger partial charge >= 0.3 is 0 Å². The van der Waals surface area contributed by atoms with E-state index in [1.165, 1.54) is 12.8 Å². The highest BCUT2D eigenvalue weighted by molar-refractivity contribution is 8.00. The number of nitrogens with one attached hydrogen (secondary N) is 2. The molecule has 1 rings (SSSR count). The van der Waals surface area contributed by atoms with Gasteiger partial charge in [-0.1, -0.05) is 13.8 Å². The summed E-state index contributed by atoms with van der Waals surface area (Å²) < 4.78 is 5.76. The van der Waals surface area contributed by atoms with Crippen molar-refractivity contribution in [1.29, 1.82) is 0 Å². The molecule has 5 heteroatoms. The Balaban J connectivity index is 2.56. The van der Waals surface area contributed by atoms with Gasteiger partial charge in [-0.25, -0.2) is 0 Å². The summed E-state index contributed by atoms with van der Waals surface area (Å²) in [6.45, 7) is 12.4. The monoisotopic (exact) mass is 329 g/mol. The van der Waals surface area contributed by atoms with Crippen molar-refractivity contribution in [2.45, 2.75) is 64.2 Å². The summed E-state index contributed by atoms with van der Waals surface area (Å²) in [7, 11) is 0. The standard InChI is InChI=1S/C17H35N3OS/c1-6-18-16(20-15(4)8-7-14(2)3)19-13-17(22-5)9-11-21-12-10-17/h14-15H,6-13H2,1-5H3,(H2,18,19,20). The van der Waals surface area contributed by atoms with Crippen LogP contribution in [-0.2, 0) is 4.74 Å². The van der Waals surface area contributed by atoms with Crippen LogP contribution in [0.1, 0.15) is 53.4 Å². The third-order valence-electron chi connectivity index (χ3n) is 4.27. The minimum atomic E-state index is 0.252. The van der Waals surface area contributed by atoms with E-state index in [0.717, 1.165) is 51.0 Å². The minimum absolute atomic E-state index is 0.252. The van der Waals surface area contributed by atoms with Gasteiger partial charge in [-0.2, -0.15) is 11.8 Å². The quantitative estimate of drug-likeness (QED) is 0.530. The van der Waals surface area contributed by atoms with Gasteiger partial charge in [-0.15, -0.1) is 0 Å². The minimum Gasteiger partial charge on any atom is -0.381 e. The van der Waals surface area contributed by atoms with Crippen LogP contribution in [0.25, 0.3) is 0 Å². The first-order valence-corrected chi connectivity index (χ1v) is 9.91. The first-order valence-electron chi connectivity index (χ1n) is 8.69. The van der Waals surface area contributed by atoms with Crippen LogP contribution in [0, 0.1) is 5.92 Å². The number of thioether (sulfide) groups is 1. The molecule has 2 N–H and O–H groups in total. The zero-order valence-corrected chi connectivity index (χ0v) is 15.9. The molecule has 0 saturated carbocycles. The van der Waals surface area contributed by atoms with Gasteiger partial charge in [0.25, 0.3) is 0 Å². The predicted molar refractivity (Wildman–Crippen MR) is 98.9 cm³/mol. The van der Waals surface area contributed by atoms with Crippen LogP contribution in [0.2, 0.25) is 0 Å². The highest BCUT2D eigenvalue weighted by Crippen LogP contribution is 2.33. The molecule has 1 atom stereocenters. The Hall–Kier alpha value is -0.420. The summed E-state index contributed by atoms with van der Waals surface area (Å²) in [5.74, 6) is 1.71. The fourth-order valence-corrected chi connectivity index (χ4v) is 3.37. The predicted octanol–water partition coefficient (Wildman–Crippen LogP) is 3.28. The summed E-state index contributed by atoms with van der Waals surface area (Å²) in [5.41, 5.74) is 0. The molecule has 1 fully saturated rings. The van der Waals surface area contributed by atoms with Gasteiger partial charge < -0.3 is 15.4 Å². The third-order valence-corrected chi connectivity index (χ3v) is 5.67. The third kappa shape index (κ3) is 7.23. The smallest absolute Gasteiger partial charge is 0.191 e. The Labute approximate surface area is 141 Å². The van der Waals surface area contributed by atoms with Gasteiger partial charge in [-0.3, -0.25) is 4.99 Å². The topological polar surface area (TPSA) is 45.7 Å². The number of nitrogens with zero attached hydrogens (tertiary/aromatic N) is 1. The molecule has 0 radical (unpaired) electrons. The molecule has 0 aromatic carbocycles. The number of aliphatic imine (C=N–C) groups is 1. The van der Waals surface area contributed by atoms with Gasteiger partial charge in [0.1, 0.15) is 0 Å². The van der Waals surface area contributed by atoms with E-state index < -0.39 is 0 Å². The molecule has 1 saturated heterocycles. The van der Waals surface area contributed by atoms with Gasteiger partial charge in [0.05, 0.1) is 6.54 Å². The maximum atomic E-state index is 5.51. The molecule has 0 amide bonds. The first kappa shape index (κ1) is 19.6. The van der Waals surface area contributed by atoms with Crippen LogP contribution in [0.15, 0.2) is 4.99 Å². The molecule has 0 aliphatic carbocycles. The second kappa shape index (κ2) is 10.4. The lowest BCUT2D eigenvalue weighted by atomic mass is 9.99. The average molecular weight is 330 g/mol. The Kier molecular flexibility index (Phi) is 9.25. The number of ether oxygens (including phenoxy) is 1. The van der Waals surface area contributed by atoms with Crippen molar-refractivity contribution in [2.24, 2.45) is 10.9 Å². The fourth-order valence-electron chi connectivity index (χ4n) is 2.60. The highest BCUT2D eigenvalue weighted by Gasteiger charge is 2.31. The molecule has 0 aromatic rings. The van der Waals surface area contributed by atoms with E-state index in [9.17, 15) is 0 Å². The van der Waals surface area contributed by atoms with Crippen molar-refractivity contribution in [3.8, 4) is 0 Å². The highest BCUT2D eigenvalue weighted by atomic mass is 32.2. The van der Waals surface area contributed by atoms with Gasteiger partial charge in [0.15, 0.2) is 5.96 Å². The average Bonchev–Trinajstić information content (AvgIpc) is 2.52. The molecule has 1 aliphatic rings. The lowest BCUT2D eigenvalue weighted by Gasteiger charge is -2.34. The molecule has 1 heterocycles. The molecule has 1 aliphatic heterocycles. The zero-order chi connectivity index (χ0) is 16.4. The largest absolute Gasteiger partial charge is 0.381 e. The Morgan fingerprint density at radius 3 is 2.45 bits per heavy atom. The number of hydrogen-bond acceptors (Lipinski definition) is 3. The molecule has 130 valence electrons. The molecule has 0 bridgehead atoms. The van der Waals surface area contributed by atoms with E-state index >= 15 is 0 Å². The summed E-state index contributed by atoms with van der Waals surface area (Å²) >= 11 is 1.94. The molecule has 4 nitrogen and oxygen atoms in total. The summed E-state index contributed by atoms with van der Waals surface area (Å²) in [6, 6.07) is 0.458. The van der Waals surface area contributed by atoms with E-state index in [0.29, 0.717) is 6.04 Å². The lowest BCUT2D eigenvalue weighted by molar-refractivity contribution is 0.0794. The van der Waals surface area contributed by atoms with Crippen molar-refractivity contribution < 1.29 is 4.74 Å². The molecule has 22 heavy (non-hydrogen) atoms. The van der Waals surface area contributed by atoms with Crippen molar-refractivity contribution in [3.05, 3.63) is 0 Å². The van der Waals surface area contributed by atoms with Crippen LogP contribution in [0.3, 0.4) is 0 Å². The van der Waals surface area contributed by atoms with E-state index in [4.69, 9.17) is 9.73 Å². The van der Waals surface area contributed by atoms with E-state index in [2.05, 4.69) is 44.6 Å². The Morgan fingerprint density at radius 1 is 1.23 bits per heavy atom. The fraction of sp³-hybridized carbons (Fsp3) is 0.941. The van der Waals surface area contributed by atoms with Crippen LogP contribution in [0.4, 0.5) is 0 Å². The summed E-state index contributed by atoms with van der Waals surface area (Å²) in [6.07, 6.45) is 6.83. The second-order valence-electron chi connectivity index (χ2n) is 6.71. The molecular formula is C17H35N3OS. The van der Waals surface area contributed by atoms with Crippen LogP contribution in [-0.4, -0.2) is 49.3 Å². The summed E-state index contributed by atoms with van der Waals surface area (Å²) in [4.78, 5) is 4.87. The SMILES string of the molecule is CCNC(=NCC1(SC)CCOCC1)NC(C)CCC(C)C. The maximum Gasteiger partial charge on any atom is 0.191 e. The van der Waals surface area contributed by atoms with Crippen molar-refractivity contribution in [3.63, 3.8) is 0 Å². The number of rotatable bonds is 8. The van der Waals surface area contributed by atoms with Crippen molar-refractivity contribution >= 4 is 17.7 Å².